The van der Waals surface area contributed by atoms with Crippen molar-refractivity contribution in [2.75, 3.05) is 23.0 Å². The number of nitrogen functional groups attached to an aromatic ring is 1. The number of carbonyl (C=O) groups excluding carboxylic acids is 2. The smallest absolute Gasteiger partial charge is 0.412 e. The molecule has 2 atom stereocenters. The second kappa shape index (κ2) is 12.1. The lowest BCUT2D eigenvalue weighted by Crippen LogP contribution is -2.28. The Labute approximate surface area is 198 Å². The zero-order valence-corrected chi connectivity index (χ0v) is 18.7. The molecule has 0 aromatic heterocycles. The summed E-state index contributed by atoms with van der Waals surface area (Å²) >= 11 is 0. The van der Waals surface area contributed by atoms with Gasteiger partial charge in [-0.2, -0.15) is 0 Å². The number of benzene rings is 3. The van der Waals surface area contributed by atoms with Crippen molar-refractivity contribution < 1.29 is 24.2 Å². The highest BCUT2D eigenvalue weighted by Crippen LogP contribution is 2.27. The molecule has 3 aromatic carbocycles. The van der Waals surface area contributed by atoms with Crippen LogP contribution in [0.15, 0.2) is 91.0 Å². The lowest BCUT2D eigenvalue weighted by atomic mass is 10.0. The van der Waals surface area contributed by atoms with Gasteiger partial charge in [-0.1, -0.05) is 42.5 Å². The summed E-state index contributed by atoms with van der Waals surface area (Å²) in [5.41, 5.74) is 7.95. The number of hydrogen-bond donors (Lipinski definition) is 4. The van der Waals surface area contributed by atoms with Crippen LogP contribution in [0.25, 0.3) is 0 Å². The lowest BCUT2D eigenvalue weighted by Gasteiger charge is -2.25. The average Bonchev–Trinajstić information content (AvgIpc) is 2.83. The van der Waals surface area contributed by atoms with Crippen molar-refractivity contribution >= 4 is 29.1 Å². The van der Waals surface area contributed by atoms with E-state index in [1.165, 1.54) is 24.3 Å². The van der Waals surface area contributed by atoms with Crippen LogP contribution in [0.2, 0.25) is 0 Å². The van der Waals surface area contributed by atoms with E-state index >= 15 is 0 Å². The first kappa shape index (κ1) is 24.3. The van der Waals surface area contributed by atoms with Gasteiger partial charge in [-0.25, -0.2) is 4.79 Å². The van der Waals surface area contributed by atoms with Crippen LogP contribution in [0.1, 0.15) is 18.6 Å². The standard InChI is InChI=1S/C26H27N3O5/c1-2-33-23(16-17-24(31)29-22-11-7-6-10-21(22)27)25(18-12-14-20(30)15-13-18)34-26(32)28-19-8-4-3-5-9-19/h3-17,23,25,30H,2,27H2,1H3,(H,28,32)(H,29,31)/b17-16+/t23-,25-/m0/s1. The molecule has 0 unspecified atom stereocenters. The number of hydrogen-bond acceptors (Lipinski definition) is 6. The van der Waals surface area contributed by atoms with Crippen LogP contribution in [0.3, 0.4) is 0 Å². The Morgan fingerprint density at radius 1 is 0.971 bits per heavy atom. The van der Waals surface area contributed by atoms with Crippen molar-refractivity contribution in [3.63, 3.8) is 0 Å². The fourth-order valence-electron chi connectivity index (χ4n) is 3.18. The first-order valence-corrected chi connectivity index (χ1v) is 10.7. The van der Waals surface area contributed by atoms with Gasteiger partial charge in [0.15, 0.2) is 6.10 Å². The molecule has 5 N–H and O–H groups in total. The number of phenolic OH excluding ortho intramolecular Hbond substituents is 1. The van der Waals surface area contributed by atoms with Crippen molar-refractivity contribution in [3.05, 3.63) is 96.6 Å². The molecular formula is C26H27N3O5. The van der Waals surface area contributed by atoms with Gasteiger partial charge in [0, 0.05) is 18.4 Å². The highest BCUT2D eigenvalue weighted by Gasteiger charge is 2.26. The molecule has 8 heteroatoms. The maximum atomic E-state index is 12.6. The van der Waals surface area contributed by atoms with E-state index in [0.29, 0.717) is 29.2 Å². The number of aromatic hydroxyl groups is 1. The molecule has 3 rings (SSSR count). The quantitative estimate of drug-likeness (QED) is 0.266. The van der Waals surface area contributed by atoms with Crippen molar-refractivity contribution in [1.82, 2.24) is 0 Å². The van der Waals surface area contributed by atoms with Crippen LogP contribution in [-0.4, -0.2) is 29.8 Å². The summed E-state index contributed by atoms with van der Waals surface area (Å²) in [7, 11) is 0. The lowest BCUT2D eigenvalue weighted by molar-refractivity contribution is -0.112. The summed E-state index contributed by atoms with van der Waals surface area (Å²) < 4.78 is 11.5. The van der Waals surface area contributed by atoms with Crippen molar-refractivity contribution in [1.29, 1.82) is 0 Å². The van der Waals surface area contributed by atoms with Gasteiger partial charge >= 0.3 is 6.09 Å². The third-order valence-corrected chi connectivity index (χ3v) is 4.79. The minimum absolute atomic E-state index is 0.0690. The largest absolute Gasteiger partial charge is 0.508 e. The predicted molar refractivity (Wildman–Crippen MR) is 131 cm³/mol. The van der Waals surface area contributed by atoms with E-state index < -0.39 is 24.2 Å². The van der Waals surface area contributed by atoms with E-state index in [-0.39, 0.29) is 5.75 Å². The van der Waals surface area contributed by atoms with E-state index in [1.54, 1.807) is 67.6 Å². The third-order valence-electron chi connectivity index (χ3n) is 4.79. The summed E-state index contributed by atoms with van der Waals surface area (Å²) in [6, 6.07) is 22.0. The molecule has 0 aliphatic carbocycles. The number of phenols is 1. The zero-order valence-electron chi connectivity index (χ0n) is 18.7. The zero-order chi connectivity index (χ0) is 24.3. The SMILES string of the molecule is CCO[C@@H](/C=C/C(=O)Nc1ccccc1N)[C@@H](OC(=O)Nc1ccccc1)c1ccc(O)cc1. The molecule has 0 saturated heterocycles. The molecule has 8 nitrogen and oxygen atoms in total. The number of nitrogens with one attached hydrogen (secondary N) is 2. The minimum atomic E-state index is -0.893. The van der Waals surface area contributed by atoms with Crippen LogP contribution < -0.4 is 16.4 Å². The topological polar surface area (TPSA) is 123 Å². The van der Waals surface area contributed by atoms with E-state index in [1.807, 2.05) is 6.07 Å². The molecule has 0 fully saturated rings. The van der Waals surface area contributed by atoms with Crippen molar-refractivity contribution in [2.24, 2.45) is 0 Å². The van der Waals surface area contributed by atoms with Crippen molar-refractivity contribution in [3.8, 4) is 5.75 Å². The molecule has 2 amide bonds. The van der Waals surface area contributed by atoms with E-state index in [9.17, 15) is 14.7 Å². The van der Waals surface area contributed by atoms with Crippen LogP contribution in [-0.2, 0) is 14.3 Å². The Morgan fingerprint density at radius 2 is 1.65 bits per heavy atom. The number of anilines is 3. The fraction of sp³-hybridized carbons (Fsp3) is 0.154. The maximum Gasteiger partial charge on any atom is 0.412 e. The molecular weight excluding hydrogens is 434 g/mol. The summed E-state index contributed by atoms with van der Waals surface area (Å²) in [5, 5.41) is 15.0. The molecule has 0 bridgehead atoms. The number of ether oxygens (including phenoxy) is 2. The molecule has 176 valence electrons. The fourth-order valence-corrected chi connectivity index (χ4v) is 3.18. The van der Waals surface area contributed by atoms with E-state index in [0.717, 1.165) is 0 Å². The number of amides is 2. The van der Waals surface area contributed by atoms with Gasteiger partial charge in [-0.15, -0.1) is 0 Å². The summed E-state index contributed by atoms with van der Waals surface area (Å²) in [6.07, 6.45) is 0.457. The van der Waals surface area contributed by atoms with Gasteiger partial charge in [-0.05, 0) is 55.0 Å². The molecule has 3 aromatic rings. The van der Waals surface area contributed by atoms with Crippen LogP contribution in [0.5, 0.6) is 5.75 Å². The first-order chi connectivity index (χ1) is 16.5. The Morgan fingerprint density at radius 3 is 2.32 bits per heavy atom. The Kier molecular flexibility index (Phi) is 8.65. The summed E-state index contributed by atoms with van der Waals surface area (Å²) in [6.45, 7) is 2.10. The molecule has 0 aliphatic rings. The number of para-hydroxylation sites is 3. The second-order valence-corrected chi connectivity index (χ2v) is 7.26. The highest BCUT2D eigenvalue weighted by atomic mass is 16.6. The Balaban J connectivity index is 1.80. The number of carbonyl (C=O) groups is 2. The van der Waals surface area contributed by atoms with Crippen LogP contribution in [0, 0.1) is 0 Å². The normalized spacial score (nSPS) is 12.6. The van der Waals surface area contributed by atoms with E-state index in [4.69, 9.17) is 15.2 Å². The molecule has 0 radical (unpaired) electrons. The molecule has 0 spiro atoms. The average molecular weight is 462 g/mol. The maximum absolute atomic E-state index is 12.6. The minimum Gasteiger partial charge on any atom is -0.508 e. The monoisotopic (exact) mass is 461 g/mol. The van der Waals surface area contributed by atoms with Crippen LogP contribution >= 0.6 is 0 Å². The molecule has 0 saturated carbocycles. The second-order valence-electron chi connectivity index (χ2n) is 7.26. The number of nitrogens with two attached hydrogens (primary N) is 1. The molecule has 0 aliphatic heterocycles. The predicted octanol–water partition coefficient (Wildman–Crippen LogP) is 4.86. The summed E-state index contributed by atoms with van der Waals surface area (Å²) in [5.74, 6) is -0.347. The van der Waals surface area contributed by atoms with Gasteiger partial charge in [0.05, 0.1) is 11.4 Å². The summed E-state index contributed by atoms with van der Waals surface area (Å²) in [4.78, 5) is 25.1. The Bertz CT molecular complexity index is 1120. The van der Waals surface area contributed by atoms with Crippen molar-refractivity contribution in [2.45, 2.75) is 19.1 Å². The molecule has 0 heterocycles. The number of rotatable bonds is 9. The van der Waals surface area contributed by atoms with Gasteiger partial charge in [0.2, 0.25) is 5.91 Å². The third kappa shape index (κ3) is 7.11. The van der Waals surface area contributed by atoms with Gasteiger partial charge < -0.3 is 25.6 Å². The highest BCUT2D eigenvalue weighted by molar-refractivity contribution is 6.01. The van der Waals surface area contributed by atoms with Gasteiger partial charge in [0.25, 0.3) is 0 Å². The Hall–Kier alpha value is -4.30. The molecule has 34 heavy (non-hydrogen) atoms. The van der Waals surface area contributed by atoms with Crippen LogP contribution in [0.4, 0.5) is 21.9 Å². The van der Waals surface area contributed by atoms with Gasteiger partial charge in [-0.3, -0.25) is 10.1 Å². The van der Waals surface area contributed by atoms with Gasteiger partial charge in [0.1, 0.15) is 11.9 Å². The van der Waals surface area contributed by atoms with E-state index in [2.05, 4.69) is 10.6 Å². The first-order valence-electron chi connectivity index (χ1n) is 10.7.